The third-order valence-electron chi connectivity index (χ3n) is 2.55. The van der Waals surface area contributed by atoms with Crippen molar-refractivity contribution < 1.29 is 5.11 Å². The number of nitrogens with one attached hydrogen (secondary N) is 1. The van der Waals surface area contributed by atoms with Gasteiger partial charge in [0.15, 0.2) is 0 Å². The maximum Gasteiger partial charge on any atom is 0.0636 e. The predicted molar refractivity (Wildman–Crippen MR) is 46.5 cm³/mol. The highest BCUT2D eigenvalue weighted by Crippen LogP contribution is 2.39. The molecular formula is C9H19NO. The van der Waals surface area contributed by atoms with E-state index in [1.54, 1.807) is 0 Å². The largest absolute Gasteiger partial charge is 0.392 e. The minimum atomic E-state index is -0.210. The molecular weight excluding hydrogens is 138 g/mol. The van der Waals surface area contributed by atoms with Gasteiger partial charge in [-0.15, -0.1) is 0 Å². The van der Waals surface area contributed by atoms with Crippen LogP contribution >= 0.6 is 0 Å². The second kappa shape index (κ2) is 3.55. The Balaban J connectivity index is 2.02. The Kier molecular flexibility index (Phi) is 2.90. The lowest BCUT2D eigenvalue weighted by Gasteiger charge is -2.38. The number of rotatable bonds is 4. The van der Waals surface area contributed by atoms with E-state index in [9.17, 15) is 0 Å². The SMILES string of the molecule is C[C@H](O)CNCC1(C)CCC1. The lowest BCUT2D eigenvalue weighted by atomic mass is 9.70. The fourth-order valence-corrected chi connectivity index (χ4v) is 1.54. The molecule has 66 valence electrons. The molecule has 2 heteroatoms. The first-order chi connectivity index (χ1) is 5.12. The summed E-state index contributed by atoms with van der Waals surface area (Å²) in [5, 5.41) is 12.3. The maximum atomic E-state index is 8.98. The zero-order chi connectivity index (χ0) is 8.32. The van der Waals surface area contributed by atoms with Crippen LogP contribution in [0.15, 0.2) is 0 Å². The average Bonchev–Trinajstić information content (AvgIpc) is 1.83. The van der Waals surface area contributed by atoms with E-state index in [4.69, 9.17) is 5.11 Å². The molecule has 0 bridgehead atoms. The zero-order valence-corrected chi connectivity index (χ0v) is 7.56. The highest BCUT2D eigenvalue weighted by molar-refractivity contribution is 4.85. The second-order valence-corrected chi connectivity index (χ2v) is 4.14. The Labute approximate surface area is 69.0 Å². The Morgan fingerprint density at radius 1 is 1.55 bits per heavy atom. The van der Waals surface area contributed by atoms with Crippen molar-refractivity contribution in [2.24, 2.45) is 5.41 Å². The molecule has 2 nitrogen and oxygen atoms in total. The molecule has 2 N–H and O–H groups in total. The summed E-state index contributed by atoms with van der Waals surface area (Å²) >= 11 is 0. The highest BCUT2D eigenvalue weighted by atomic mass is 16.3. The summed E-state index contributed by atoms with van der Waals surface area (Å²) in [6, 6.07) is 0. The molecule has 0 aromatic heterocycles. The van der Waals surface area contributed by atoms with Crippen LogP contribution in [0.4, 0.5) is 0 Å². The van der Waals surface area contributed by atoms with Crippen molar-refractivity contribution in [2.75, 3.05) is 13.1 Å². The summed E-state index contributed by atoms with van der Waals surface area (Å²) in [4.78, 5) is 0. The molecule has 1 aliphatic carbocycles. The van der Waals surface area contributed by atoms with Gasteiger partial charge in [0.2, 0.25) is 0 Å². The normalized spacial score (nSPS) is 24.3. The summed E-state index contributed by atoms with van der Waals surface area (Å²) in [5.74, 6) is 0. The standard InChI is InChI=1S/C9H19NO/c1-8(11)6-10-7-9(2)4-3-5-9/h8,10-11H,3-7H2,1-2H3/t8-/m0/s1. The van der Waals surface area contributed by atoms with E-state index in [0.29, 0.717) is 5.41 Å². The van der Waals surface area contributed by atoms with Gasteiger partial charge in [0.05, 0.1) is 6.10 Å². The second-order valence-electron chi connectivity index (χ2n) is 4.14. The van der Waals surface area contributed by atoms with E-state index in [0.717, 1.165) is 13.1 Å². The van der Waals surface area contributed by atoms with Crippen molar-refractivity contribution in [1.29, 1.82) is 0 Å². The predicted octanol–water partition coefficient (Wildman–Crippen LogP) is 1.15. The average molecular weight is 157 g/mol. The zero-order valence-electron chi connectivity index (χ0n) is 7.56. The first-order valence-electron chi connectivity index (χ1n) is 4.51. The molecule has 0 saturated heterocycles. The van der Waals surface area contributed by atoms with E-state index < -0.39 is 0 Å². The highest BCUT2D eigenvalue weighted by Gasteiger charge is 2.30. The van der Waals surface area contributed by atoms with Crippen molar-refractivity contribution in [3.05, 3.63) is 0 Å². The molecule has 1 aliphatic rings. The van der Waals surface area contributed by atoms with Crippen LogP contribution < -0.4 is 5.32 Å². The van der Waals surface area contributed by atoms with Crippen LogP contribution in [-0.4, -0.2) is 24.3 Å². The fourth-order valence-electron chi connectivity index (χ4n) is 1.54. The fraction of sp³-hybridized carbons (Fsp3) is 1.00. The molecule has 0 aromatic carbocycles. The van der Waals surface area contributed by atoms with E-state index in [1.807, 2.05) is 6.92 Å². The van der Waals surface area contributed by atoms with Gasteiger partial charge >= 0.3 is 0 Å². The molecule has 0 amide bonds. The summed E-state index contributed by atoms with van der Waals surface area (Å²) in [7, 11) is 0. The number of hydrogen-bond donors (Lipinski definition) is 2. The number of aliphatic hydroxyl groups excluding tert-OH is 1. The minimum absolute atomic E-state index is 0.210. The molecule has 0 heterocycles. The third-order valence-corrected chi connectivity index (χ3v) is 2.55. The Hall–Kier alpha value is -0.0800. The lowest BCUT2D eigenvalue weighted by molar-refractivity contribution is 0.139. The van der Waals surface area contributed by atoms with Gasteiger partial charge in [-0.05, 0) is 25.2 Å². The van der Waals surface area contributed by atoms with Crippen LogP contribution in [0.3, 0.4) is 0 Å². The van der Waals surface area contributed by atoms with Crippen LogP contribution in [0.25, 0.3) is 0 Å². The molecule has 0 radical (unpaired) electrons. The van der Waals surface area contributed by atoms with Gasteiger partial charge < -0.3 is 10.4 Å². The van der Waals surface area contributed by atoms with Gasteiger partial charge in [-0.1, -0.05) is 13.3 Å². The van der Waals surface area contributed by atoms with Gasteiger partial charge in [0.1, 0.15) is 0 Å². The molecule has 0 aliphatic heterocycles. The monoisotopic (exact) mass is 157 g/mol. The Morgan fingerprint density at radius 3 is 2.55 bits per heavy atom. The van der Waals surface area contributed by atoms with Crippen LogP contribution in [0.5, 0.6) is 0 Å². The van der Waals surface area contributed by atoms with Crippen LogP contribution in [0.2, 0.25) is 0 Å². The molecule has 1 rings (SSSR count). The minimum Gasteiger partial charge on any atom is -0.392 e. The quantitative estimate of drug-likeness (QED) is 0.641. The van der Waals surface area contributed by atoms with Crippen molar-refractivity contribution in [3.63, 3.8) is 0 Å². The summed E-state index contributed by atoms with van der Waals surface area (Å²) < 4.78 is 0. The smallest absolute Gasteiger partial charge is 0.0636 e. The van der Waals surface area contributed by atoms with Gasteiger partial charge in [0.25, 0.3) is 0 Å². The molecule has 1 fully saturated rings. The lowest BCUT2D eigenvalue weighted by Crippen LogP contribution is -2.39. The molecule has 11 heavy (non-hydrogen) atoms. The topological polar surface area (TPSA) is 32.3 Å². The van der Waals surface area contributed by atoms with Gasteiger partial charge in [0, 0.05) is 13.1 Å². The van der Waals surface area contributed by atoms with E-state index >= 15 is 0 Å². The van der Waals surface area contributed by atoms with Crippen LogP contribution in [0.1, 0.15) is 33.1 Å². The Morgan fingerprint density at radius 2 is 2.18 bits per heavy atom. The maximum absolute atomic E-state index is 8.98. The van der Waals surface area contributed by atoms with E-state index in [2.05, 4.69) is 12.2 Å². The molecule has 1 atom stereocenters. The first-order valence-corrected chi connectivity index (χ1v) is 4.51. The summed E-state index contributed by atoms with van der Waals surface area (Å²) in [6.45, 7) is 5.93. The summed E-state index contributed by atoms with van der Waals surface area (Å²) in [6.07, 6.45) is 3.87. The van der Waals surface area contributed by atoms with Crippen LogP contribution in [-0.2, 0) is 0 Å². The molecule has 0 spiro atoms. The van der Waals surface area contributed by atoms with Crippen molar-refractivity contribution in [1.82, 2.24) is 5.32 Å². The number of hydrogen-bond acceptors (Lipinski definition) is 2. The molecule has 1 saturated carbocycles. The Bertz CT molecular complexity index is 119. The van der Waals surface area contributed by atoms with Crippen molar-refractivity contribution in [3.8, 4) is 0 Å². The third kappa shape index (κ3) is 2.80. The van der Waals surface area contributed by atoms with E-state index in [1.165, 1.54) is 19.3 Å². The molecule has 0 aromatic rings. The summed E-state index contributed by atoms with van der Waals surface area (Å²) in [5.41, 5.74) is 0.537. The van der Waals surface area contributed by atoms with Gasteiger partial charge in [-0.25, -0.2) is 0 Å². The van der Waals surface area contributed by atoms with Gasteiger partial charge in [-0.3, -0.25) is 0 Å². The first kappa shape index (κ1) is 9.01. The van der Waals surface area contributed by atoms with Crippen molar-refractivity contribution in [2.45, 2.75) is 39.2 Å². The van der Waals surface area contributed by atoms with E-state index in [-0.39, 0.29) is 6.10 Å². The van der Waals surface area contributed by atoms with Gasteiger partial charge in [-0.2, -0.15) is 0 Å². The number of aliphatic hydroxyl groups is 1. The molecule has 0 unspecified atom stereocenters. The van der Waals surface area contributed by atoms with Crippen molar-refractivity contribution >= 4 is 0 Å². The van der Waals surface area contributed by atoms with Crippen LogP contribution in [0, 0.1) is 5.41 Å².